The van der Waals surface area contributed by atoms with E-state index in [1.807, 2.05) is 24.3 Å². The van der Waals surface area contributed by atoms with Crippen molar-refractivity contribution in [3.8, 4) is 0 Å². The molecule has 2 unspecified atom stereocenters. The van der Waals surface area contributed by atoms with Crippen LogP contribution in [0.2, 0.25) is 0 Å². The lowest BCUT2D eigenvalue weighted by Gasteiger charge is -2.60. The quantitative estimate of drug-likeness (QED) is 0.621. The van der Waals surface area contributed by atoms with Gasteiger partial charge in [0.1, 0.15) is 0 Å². The minimum atomic E-state index is -0.106. The van der Waals surface area contributed by atoms with Gasteiger partial charge in [-0.15, -0.1) is 0 Å². The molecule has 1 aliphatic heterocycles. The molecule has 0 radical (unpaired) electrons. The smallest absolute Gasteiger partial charge is 0.228 e. The van der Waals surface area contributed by atoms with Crippen LogP contribution in [-0.2, 0) is 14.4 Å². The van der Waals surface area contributed by atoms with Crippen molar-refractivity contribution in [3.63, 3.8) is 0 Å². The Balaban J connectivity index is 1.29. The van der Waals surface area contributed by atoms with E-state index >= 15 is 0 Å². The van der Waals surface area contributed by atoms with Gasteiger partial charge in [0.2, 0.25) is 17.7 Å². The molecule has 5 rings (SSSR count). The number of nitrogens with one attached hydrogen (secondary N) is 3. The molecule has 6 heteroatoms. The number of carbonyl (C=O) groups is 3. The van der Waals surface area contributed by atoms with Gasteiger partial charge in [-0.2, -0.15) is 0 Å². The standard InChI is InChI=1S/C27H37N3O3/c1-16(31)28-17-4-6-18(7-5-17)29-25(33)22-10-9-20-19-8-11-23-27(3,15-13-24(32)30-23)21(19)12-14-26(20,22)2/h4-7,19-23H,8-15H2,1-3H3,(H,28,31)(H,29,33)(H,30,32)/t19-,20-,21+,22?,23?,26-,27+/m0/s1. The molecular weight excluding hydrogens is 414 g/mol. The highest BCUT2D eigenvalue weighted by molar-refractivity contribution is 5.94. The molecule has 33 heavy (non-hydrogen) atoms. The van der Waals surface area contributed by atoms with Gasteiger partial charge < -0.3 is 16.0 Å². The Morgan fingerprint density at radius 1 is 0.879 bits per heavy atom. The van der Waals surface area contributed by atoms with Gasteiger partial charge >= 0.3 is 0 Å². The molecule has 6 nitrogen and oxygen atoms in total. The van der Waals surface area contributed by atoms with Crippen molar-refractivity contribution in [1.29, 1.82) is 0 Å². The van der Waals surface area contributed by atoms with Gasteiger partial charge in [0.15, 0.2) is 0 Å². The Morgan fingerprint density at radius 2 is 1.55 bits per heavy atom. The lowest BCUT2D eigenvalue weighted by Crippen LogP contribution is -2.61. The lowest BCUT2D eigenvalue weighted by atomic mass is 9.47. The molecule has 4 aliphatic rings. The van der Waals surface area contributed by atoms with Crippen molar-refractivity contribution < 1.29 is 14.4 Å². The summed E-state index contributed by atoms with van der Waals surface area (Å²) in [4.78, 5) is 36.6. The maximum Gasteiger partial charge on any atom is 0.228 e. The second-order valence-electron chi connectivity index (χ2n) is 11.5. The number of amides is 3. The second kappa shape index (κ2) is 8.14. The Bertz CT molecular complexity index is 960. The number of rotatable bonds is 3. The van der Waals surface area contributed by atoms with Gasteiger partial charge in [-0.25, -0.2) is 0 Å². The number of piperidine rings is 1. The van der Waals surface area contributed by atoms with Crippen molar-refractivity contribution in [1.82, 2.24) is 5.32 Å². The average molecular weight is 452 g/mol. The van der Waals surface area contributed by atoms with Crippen LogP contribution < -0.4 is 16.0 Å². The van der Waals surface area contributed by atoms with Gasteiger partial charge in [-0.05, 0) is 97.8 Å². The van der Waals surface area contributed by atoms with Crippen LogP contribution in [0.4, 0.5) is 11.4 Å². The molecule has 3 aliphatic carbocycles. The number of hydrogen-bond donors (Lipinski definition) is 3. The summed E-state index contributed by atoms with van der Waals surface area (Å²) in [5.41, 5.74) is 1.76. The first-order valence-electron chi connectivity index (χ1n) is 12.7. The summed E-state index contributed by atoms with van der Waals surface area (Å²) in [5.74, 6) is 2.19. The van der Waals surface area contributed by atoms with Gasteiger partial charge in [0, 0.05) is 36.7 Å². The minimum Gasteiger partial charge on any atom is -0.353 e. The van der Waals surface area contributed by atoms with Crippen molar-refractivity contribution in [3.05, 3.63) is 24.3 Å². The fourth-order valence-electron chi connectivity index (χ4n) is 8.20. The van der Waals surface area contributed by atoms with E-state index in [1.54, 1.807) is 0 Å². The van der Waals surface area contributed by atoms with E-state index in [9.17, 15) is 14.4 Å². The van der Waals surface area contributed by atoms with Gasteiger partial charge in [-0.1, -0.05) is 13.8 Å². The van der Waals surface area contributed by atoms with E-state index in [0.717, 1.165) is 49.9 Å². The molecule has 0 spiro atoms. The summed E-state index contributed by atoms with van der Waals surface area (Å²) >= 11 is 0. The predicted molar refractivity (Wildman–Crippen MR) is 128 cm³/mol. The maximum absolute atomic E-state index is 13.4. The van der Waals surface area contributed by atoms with Crippen LogP contribution in [0, 0.1) is 34.5 Å². The van der Waals surface area contributed by atoms with Crippen LogP contribution in [0.1, 0.15) is 72.1 Å². The number of carbonyl (C=O) groups excluding carboxylic acids is 3. The SMILES string of the molecule is CC(=O)Nc1ccc(NC(=O)C2CC[C@H]3[C@@H]4CCC5NC(=O)CC[C@]5(C)[C@@H]4CC[C@]23C)cc1. The summed E-state index contributed by atoms with van der Waals surface area (Å²) in [6.07, 6.45) is 8.25. The van der Waals surface area contributed by atoms with Gasteiger partial charge in [0.25, 0.3) is 0 Å². The van der Waals surface area contributed by atoms with E-state index in [2.05, 4.69) is 29.8 Å². The third kappa shape index (κ3) is 3.75. The Morgan fingerprint density at radius 3 is 2.24 bits per heavy atom. The van der Waals surface area contributed by atoms with Crippen LogP contribution in [0.5, 0.6) is 0 Å². The first-order valence-corrected chi connectivity index (χ1v) is 12.7. The van der Waals surface area contributed by atoms with Crippen LogP contribution in [0.3, 0.4) is 0 Å². The third-order valence-corrected chi connectivity index (χ3v) is 9.88. The fraction of sp³-hybridized carbons (Fsp3) is 0.667. The molecule has 1 aromatic carbocycles. The largest absolute Gasteiger partial charge is 0.353 e. The molecule has 3 amide bonds. The zero-order valence-electron chi connectivity index (χ0n) is 20.1. The second-order valence-corrected chi connectivity index (χ2v) is 11.5. The normalized spacial score (nSPS) is 39.5. The number of anilines is 2. The summed E-state index contributed by atoms with van der Waals surface area (Å²) in [5, 5.41) is 9.22. The predicted octanol–water partition coefficient (Wildman–Crippen LogP) is 4.72. The molecule has 178 valence electrons. The summed E-state index contributed by atoms with van der Waals surface area (Å²) in [7, 11) is 0. The molecular formula is C27H37N3O3. The zero-order chi connectivity index (χ0) is 23.4. The zero-order valence-corrected chi connectivity index (χ0v) is 20.1. The van der Waals surface area contributed by atoms with Crippen LogP contribution in [0.25, 0.3) is 0 Å². The van der Waals surface area contributed by atoms with Crippen LogP contribution in [0.15, 0.2) is 24.3 Å². The van der Waals surface area contributed by atoms with Gasteiger partial charge in [0.05, 0.1) is 0 Å². The van der Waals surface area contributed by atoms with E-state index in [4.69, 9.17) is 0 Å². The topological polar surface area (TPSA) is 87.3 Å². The molecule has 0 aromatic heterocycles. The van der Waals surface area contributed by atoms with E-state index in [1.165, 1.54) is 13.3 Å². The number of benzene rings is 1. The van der Waals surface area contributed by atoms with Crippen molar-refractivity contribution in [2.75, 3.05) is 10.6 Å². The first-order chi connectivity index (χ1) is 15.7. The Hall–Kier alpha value is -2.37. The van der Waals surface area contributed by atoms with E-state index in [0.29, 0.717) is 30.2 Å². The highest BCUT2D eigenvalue weighted by atomic mass is 16.2. The fourth-order valence-corrected chi connectivity index (χ4v) is 8.20. The van der Waals surface area contributed by atoms with E-state index < -0.39 is 0 Å². The van der Waals surface area contributed by atoms with Crippen molar-refractivity contribution in [2.45, 2.75) is 78.2 Å². The van der Waals surface area contributed by atoms with Crippen molar-refractivity contribution in [2.24, 2.45) is 34.5 Å². The third-order valence-electron chi connectivity index (χ3n) is 9.88. The van der Waals surface area contributed by atoms with Crippen LogP contribution in [-0.4, -0.2) is 23.8 Å². The molecule has 0 bridgehead atoms. The summed E-state index contributed by atoms with van der Waals surface area (Å²) in [6, 6.07) is 7.68. The molecule has 4 fully saturated rings. The molecule has 3 saturated carbocycles. The van der Waals surface area contributed by atoms with E-state index in [-0.39, 0.29) is 34.5 Å². The molecule has 1 saturated heterocycles. The number of fused-ring (bicyclic) bond motifs is 5. The summed E-state index contributed by atoms with van der Waals surface area (Å²) in [6.45, 7) is 6.27. The maximum atomic E-state index is 13.4. The van der Waals surface area contributed by atoms with Gasteiger partial charge in [-0.3, -0.25) is 14.4 Å². The molecule has 3 N–H and O–H groups in total. The average Bonchev–Trinajstić information content (AvgIpc) is 3.12. The highest BCUT2D eigenvalue weighted by Crippen LogP contribution is 2.65. The number of hydrogen-bond acceptors (Lipinski definition) is 3. The Kier molecular flexibility index (Phi) is 5.53. The molecule has 1 heterocycles. The molecule has 1 aromatic rings. The van der Waals surface area contributed by atoms with Crippen molar-refractivity contribution >= 4 is 29.1 Å². The lowest BCUT2D eigenvalue weighted by molar-refractivity contribution is -0.140. The van der Waals surface area contributed by atoms with Crippen LogP contribution >= 0.6 is 0 Å². The first kappa shape index (κ1) is 22.4. The Labute approximate surface area is 196 Å². The monoisotopic (exact) mass is 451 g/mol. The summed E-state index contributed by atoms with van der Waals surface area (Å²) < 4.78 is 0. The highest BCUT2D eigenvalue weighted by Gasteiger charge is 2.61. The molecule has 7 atom stereocenters. The minimum absolute atomic E-state index is 0.0371.